The van der Waals surface area contributed by atoms with Crippen LogP contribution in [0, 0.1) is 11.2 Å². The molecule has 0 unspecified atom stereocenters. The van der Waals surface area contributed by atoms with Gasteiger partial charge in [0.1, 0.15) is 5.82 Å². The minimum Gasteiger partial charge on any atom is -0.381 e. The van der Waals surface area contributed by atoms with Crippen LogP contribution in [0.15, 0.2) is 24.3 Å². The van der Waals surface area contributed by atoms with Crippen LogP contribution >= 0.6 is 0 Å². The van der Waals surface area contributed by atoms with E-state index in [1.165, 1.54) is 18.4 Å². The molecule has 0 spiro atoms. The normalized spacial score (nSPS) is 29.4. The Kier molecular flexibility index (Phi) is 4.18. The van der Waals surface area contributed by atoms with Gasteiger partial charge in [0.25, 0.3) is 0 Å². The van der Waals surface area contributed by atoms with Gasteiger partial charge in [-0.05, 0) is 24.6 Å². The Morgan fingerprint density at radius 3 is 2.40 bits per heavy atom. The van der Waals surface area contributed by atoms with E-state index in [9.17, 15) is 12.8 Å². The van der Waals surface area contributed by atoms with Crippen molar-refractivity contribution >= 4 is 9.84 Å². The molecule has 1 aromatic rings. The van der Waals surface area contributed by atoms with E-state index < -0.39 is 20.5 Å². The molecule has 4 nitrogen and oxygen atoms in total. The number of hydrogen-bond donors (Lipinski definition) is 1. The smallest absolute Gasteiger partial charge is 0.151 e. The molecular weight excluding hydrogens is 281 g/mol. The number of ether oxygens (including phenoxy) is 1. The summed E-state index contributed by atoms with van der Waals surface area (Å²) in [5, 5.41) is -0.558. The van der Waals surface area contributed by atoms with Gasteiger partial charge in [-0.2, -0.15) is 0 Å². The van der Waals surface area contributed by atoms with E-state index in [1.807, 2.05) is 6.92 Å². The van der Waals surface area contributed by atoms with Crippen LogP contribution in [0.3, 0.4) is 0 Å². The second kappa shape index (κ2) is 5.42. The van der Waals surface area contributed by atoms with Gasteiger partial charge in [0.15, 0.2) is 9.84 Å². The van der Waals surface area contributed by atoms with Crippen molar-refractivity contribution in [3.8, 4) is 0 Å². The summed E-state index contributed by atoms with van der Waals surface area (Å²) >= 11 is 0. The van der Waals surface area contributed by atoms with Crippen LogP contribution in [0.4, 0.5) is 4.39 Å². The third-order valence-corrected chi connectivity index (χ3v) is 5.69. The fourth-order valence-corrected chi connectivity index (χ4v) is 5.08. The van der Waals surface area contributed by atoms with Crippen LogP contribution in [0.2, 0.25) is 0 Å². The molecule has 112 valence electrons. The topological polar surface area (TPSA) is 69.4 Å². The summed E-state index contributed by atoms with van der Waals surface area (Å²) in [5.74, 6) is -0.567. The van der Waals surface area contributed by atoms with Gasteiger partial charge in [0.2, 0.25) is 0 Å². The van der Waals surface area contributed by atoms with E-state index in [4.69, 9.17) is 10.5 Å². The van der Waals surface area contributed by atoms with E-state index >= 15 is 0 Å². The van der Waals surface area contributed by atoms with Crippen molar-refractivity contribution in [1.29, 1.82) is 0 Å². The minimum atomic E-state index is -3.24. The van der Waals surface area contributed by atoms with Crippen LogP contribution in [0.1, 0.15) is 18.4 Å². The van der Waals surface area contributed by atoms with Crippen molar-refractivity contribution in [2.24, 2.45) is 11.1 Å². The fraction of sp³-hybridized carbons (Fsp3) is 0.571. The summed E-state index contributed by atoms with van der Waals surface area (Å²) in [6.07, 6.45) is 1.22. The largest absolute Gasteiger partial charge is 0.381 e. The van der Waals surface area contributed by atoms with Gasteiger partial charge in [0, 0.05) is 30.7 Å². The molecule has 1 aliphatic rings. The van der Waals surface area contributed by atoms with Crippen LogP contribution in [0.5, 0.6) is 0 Å². The molecule has 0 saturated heterocycles. The quantitative estimate of drug-likeness (QED) is 0.860. The maximum atomic E-state index is 13.0. The Hall–Kier alpha value is -0.980. The fourth-order valence-electron chi connectivity index (χ4n) is 3.07. The Morgan fingerprint density at radius 1 is 1.35 bits per heavy atom. The predicted octanol–water partition coefficient (Wildman–Crippen LogP) is 1.32. The molecule has 0 aliphatic heterocycles. The lowest BCUT2D eigenvalue weighted by Crippen LogP contribution is -2.28. The first-order valence-corrected chi connectivity index (χ1v) is 8.54. The molecule has 0 heterocycles. The van der Waals surface area contributed by atoms with Gasteiger partial charge >= 0.3 is 0 Å². The summed E-state index contributed by atoms with van der Waals surface area (Å²) in [7, 11) is -3.24. The molecule has 1 aliphatic carbocycles. The zero-order valence-electron chi connectivity index (χ0n) is 11.7. The molecule has 2 N–H and O–H groups in total. The summed E-state index contributed by atoms with van der Waals surface area (Å²) in [4.78, 5) is 0. The second-order valence-electron chi connectivity index (χ2n) is 5.35. The molecule has 1 aromatic carbocycles. The van der Waals surface area contributed by atoms with E-state index in [0.29, 0.717) is 13.2 Å². The summed E-state index contributed by atoms with van der Waals surface area (Å²) < 4.78 is 42.4. The van der Waals surface area contributed by atoms with E-state index in [1.54, 1.807) is 12.1 Å². The van der Waals surface area contributed by atoms with Gasteiger partial charge in [-0.3, -0.25) is 0 Å². The Bertz CT molecular complexity index is 573. The molecule has 2 rings (SSSR count). The lowest BCUT2D eigenvalue weighted by molar-refractivity contribution is 0.101. The molecule has 6 heteroatoms. The van der Waals surface area contributed by atoms with Crippen molar-refractivity contribution in [1.82, 2.24) is 0 Å². The first-order valence-electron chi connectivity index (χ1n) is 6.59. The maximum absolute atomic E-state index is 13.0. The van der Waals surface area contributed by atoms with Crippen LogP contribution < -0.4 is 5.73 Å². The lowest BCUT2D eigenvalue weighted by Gasteiger charge is -2.15. The van der Waals surface area contributed by atoms with E-state index in [0.717, 1.165) is 5.56 Å². The number of halogens is 1. The Labute approximate surface area is 119 Å². The van der Waals surface area contributed by atoms with Gasteiger partial charge in [-0.25, -0.2) is 12.8 Å². The van der Waals surface area contributed by atoms with Crippen molar-refractivity contribution in [3.63, 3.8) is 0 Å². The number of sulfone groups is 1. The highest BCUT2D eigenvalue weighted by Crippen LogP contribution is 2.62. The molecule has 20 heavy (non-hydrogen) atoms. The molecule has 0 bridgehead atoms. The molecule has 1 saturated carbocycles. The lowest BCUT2D eigenvalue weighted by atomic mass is 10.00. The zero-order chi connectivity index (χ0) is 15.0. The Morgan fingerprint density at radius 2 is 1.95 bits per heavy atom. The molecule has 3 atom stereocenters. The highest BCUT2D eigenvalue weighted by Gasteiger charge is 2.69. The zero-order valence-corrected chi connectivity index (χ0v) is 12.5. The van der Waals surface area contributed by atoms with Crippen molar-refractivity contribution in [3.05, 3.63) is 35.6 Å². The first kappa shape index (κ1) is 15.4. The number of benzene rings is 1. The van der Waals surface area contributed by atoms with Gasteiger partial charge in [0.05, 0.1) is 11.9 Å². The predicted molar refractivity (Wildman–Crippen MR) is 75.8 cm³/mol. The molecule has 1 fully saturated rings. The first-order chi connectivity index (χ1) is 9.36. The average Bonchev–Trinajstić information content (AvgIpc) is 3.07. The highest BCUT2D eigenvalue weighted by atomic mass is 32.2. The Balaban J connectivity index is 2.36. The molecular formula is C14H20FNO3S. The number of hydrogen-bond acceptors (Lipinski definition) is 4. The molecule has 0 amide bonds. The second-order valence-corrected chi connectivity index (χ2v) is 7.52. The summed E-state index contributed by atoms with van der Waals surface area (Å²) in [5.41, 5.74) is 6.04. The van der Waals surface area contributed by atoms with Crippen LogP contribution in [-0.4, -0.2) is 39.7 Å². The van der Waals surface area contributed by atoms with Crippen molar-refractivity contribution in [2.45, 2.75) is 18.1 Å². The third kappa shape index (κ3) is 2.60. The summed E-state index contributed by atoms with van der Waals surface area (Å²) in [6.45, 7) is 2.90. The molecule has 0 aromatic heterocycles. The van der Waals surface area contributed by atoms with Gasteiger partial charge in [-0.1, -0.05) is 12.1 Å². The van der Waals surface area contributed by atoms with Crippen LogP contribution in [0.25, 0.3) is 0 Å². The monoisotopic (exact) mass is 301 g/mol. The number of rotatable bonds is 6. The third-order valence-electron chi connectivity index (χ3n) is 4.02. The standard InChI is InChI=1S/C14H20FNO3S/c1-3-19-9-14(8-16)12(13(14)20(2,17)18)10-4-6-11(15)7-5-10/h4-7,12-13H,3,8-9,16H2,1-2H3/t12-,13+,14+/m0/s1. The van der Waals surface area contributed by atoms with E-state index in [-0.39, 0.29) is 18.3 Å². The van der Waals surface area contributed by atoms with Gasteiger partial charge in [-0.15, -0.1) is 0 Å². The number of nitrogens with two attached hydrogens (primary N) is 1. The van der Waals surface area contributed by atoms with Gasteiger partial charge < -0.3 is 10.5 Å². The van der Waals surface area contributed by atoms with Crippen molar-refractivity contribution < 1.29 is 17.5 Å². The van der Waals surface area contributed by atoms with Crippen LogP contribution in [-0.2, 0) is 14.6 Å². The van der Waals surface area contributed by atoms with Crippen molar-refractivity contribution in [2.75, 3.05) is 26.0 Å². The molecule has 0 radical (unpaired) electrons. The average molecular weight is 301 g/mol. The highest BCUT2D eigenvalue weighted by molar-refractivity contribution is 7.91. The minimum absolute atomic E-state index is 0.227. The maximum Gasteiger partial charge on any atom is 0.151 e. The summed E-state index contributed by atoms with van der Waals surface area (Å²) in [6, 6.07) is 5.94. The van der Waals surface area contributed by atoms with E-state index in [2.05, 4.69) is 0 Å². The SMILES string of the molecule is CCOC[C@@]1(CN)[C@H](S(C)(=O)=O)[C@@H]1c1ccc(F)cc1.